The molecular weight excluding hydrogens is 498 g/mol. The number of methoxy groups -OCH3 is 1. The number of unbranched alkanes of at least 4 members (excludes halogenated alkanes) is 1. The number of carbonyl (C=O) groups is 4. The molecule has 9 nitrogen and oxygen atoms in total. The molecule has 1 saturated heterocycles. The lowest BCUT2D eigenvalue weighted by Crippen LogP contribution is -2.56. The number of allylic oxidation sites excluding steroid dienone is 1. The van der Waals surface area contributed by atoms with E-state index in [-0.39, 0.29) is 24.7 Å². The Morgan fingerprint density at radius 2 is 1.79 bits per heavy atom. The van der Waals surface area contributed by atoms with Crippen LogP contribution in [0.4, 0.5) is 4.79 Å². The van der Waals surface area contributed by atoms with Crippen LogP contribution in [0.15, 0.2) is 36.9 Å². The van der Waals surface area contributed by atoms with E-state index in [1.807, 2.05) is 51.1 Å². The smallest absolute Gasteiger partial charge is 0.411 e. The van der Waals surface area contributed by atoms with Crippen molar-refractivity contribution in [2.24, 2.45) is 0 Å². The number of nitrogens with zero attached hydrogens (tertiary/aromatic N) is 2. The highest BCUT2D eigenvalue weighted by molar-refractivity contribution is 5.90. The molecule has 1 aromatic rings. The molecule has 39 heavy (non-hydrogen) atoms. The zero-order valence-corrected chi connectivity index (χ0v) is 24.2. The molecular formula is C30H45N3O6. The number of rotatable bonds is 13. The molecule has 0 aromatic heterocycles. The Kier molecular flexibility index (Phi) is 12.0. The van der Waals surface area contributed by atoms with Crippen LogP contribution in [0.3, 0.4) is 0 Å². The molecule has 216 valence electrons. The molecule has 0 bridgehead atoms. The Morgan fingerprint density at radius 1 is 1.13 bits per heavy atom. The van der Waals surface area contributed by atoms with Gasteiger partial charge in [0.05, 0.1) is 13.5 Å². The first-order valence-electron chi connectivity index (χ1n) is 13.7. The zero-order valence-electron chi connectivity index (χ0n) is 24.2. The zero-order chi connectivity index (χ0) is 29.1. The van der Waals surface area contributed by atoms with Crippen LogP contribution in [0.1, 0.15) is 77.3 Å². The molecule has 0 radical (unpaired) electrons. The largest absolute Gasteiger partial charge is 0.469 e. The van der Waals surface area contributed by atoms with Crippen molar-refractivity contribution in [2.75, 3.05) is 26.7 Å². The summed E-state index contributed by atoms with van der Waals surface area (Å²) in [5.74, 6) is -0.662. The topological polar surface area (TPSA) is 105 Å². The van der Waals surface area contributed by atoms with Gasteiger partial charge in [-0.15, -0.1) is 6.58 Å². The van der Waals surface area contributed by atoms with E-state index in [1.54, 1.807) is 11.8 Å². The number of carbonyl (C=O) groups excluding carboxylic acids is 4. The Morgan fingerprint density at radius 3 is 2.41 bits per heavy atom. The van der Waals surface area contributed by atoms with Crippen LogP contribution in [0.25, 0.3) is 0 Å². The average Bonchev–Trinajstić information content (AvgIpc) is 3.29. The Bertz CT molecular complexity index is 1000. The summed E-state index contributed by atoms with van der Waals surface area (Å²) < 4.78 is 10.2. The molecule has 0 saturated carbocycles. The summed E-state index contributed by atoms with van der Waals surface area (Å²) in [7, 11) is 1.31. The predicted molar refractivity (Wildman–Crippen MR) is 150 cm³/mol. The minimum Gasteiger partial charge on any atom is -0.469 e. The van der Waals surface area contributed by atoms with E-state index in [0.29, 0.717) is 39.0 Å². The molecule has 1 aromatic carbocycles. The van der Waals surface area contributed by atoms with E-state index in [2.05, 4.69) is 16.6 Å². The molecule has 9 heteroatoms. The third-order valence-electron chi connectivity index (χ3n) is 6.80. The van der Waals surface area contributed by atoms with Gasteiger partial charge in [-0.3, -0.25) is 19.3 Å². The average molecular weight is 544 g/mol. The second-order valence-corrected chi connectivity index (χ2v) is 11.2. The molecule has 2 rings (SSSR count). The van der Waals surface area contributed by atoms with E-state index in [1.165, 1.54) is 12.0 Å². The first kappa shape index (κ1) is 31.9. The van der Waals surface area contributed by atoms with Gasteiger partial charge in [0.25, 0.3) is 0 Å². The Labute approximate surface area is 232 Å². The molecule has 3 amide bonds. The first-order valence-corrected chi connectivity index (χ1v) is 13.7. The highest BCUT2D eigenvalue weighted by Gasteiger charge is 2.47. The molecule has 1 atom stereocenters. The molecule has 1 heterocycles. The molecule has 0 unspecified atom stereocenters. The quantitative estimate of drug-likeness (QED) is 0.225. The van der Waals surface area contributed by atoms with Crippen LogP contribution in [-0.2, 0) is 36.8 Å². The summed E-state index contributed by atoms with van der Waals surface area (Å²) in [6.07, 6.45) is 5.12. The van der Waals surface area contributed by atoms with Crippen LogP contribution in [0.2, 0.25) is 0 Å². The van der Waals surface area contributed by atoms with Crippen LogP contribution in [0.5, 0.6) is 0 Å². The van der Waals surface area contributed by atoms with Gasteiger partial charge in [-0.1, -0.05) is 30.3 Å². The van der Waals surface area contributed by atoms with Gasteiger partial charge in [0.1, 0.15) is 11.1 Å². The fourth-order valence-corrected chi connectivity index (χ4v) is 4.54. The second kappa shape index (κ2) is 14.7. The number of benzene rings is 1. The van der Waals surface area contributed by atoms with Gasteiger partial charge in [-0.05, 0) is 70.9 Å². The van der Waals surface area contributed by atoms with Crippen molar-refractivity contribution < 1.29 is 28.7 Å². The van der Waals surface area contributed by atoms with Crippen molar-refractivity contribution in [2.45, 2.75) is 90.3 Å². The number of ether oxygens (including phenoxy) is 2. The van der Waals surface area contributed by atoms with Crippen molar-refractivity contribution in [1.29, 1.82) is 0 Å². The lowest BCUT2D eigenvalue weighted by atomic mass is 9.97. The van der Waals surface area contributed by atoms with Gasteiger partial charge in [0, 0.05) is 32.6 Å². The van der Waals surface area contributed by atoms with Gasteiger partial charge in [0.2, 0.25) is 11.8 Å². The Balaban J connectivity index is 1.91. The minimum atomic E-state index is -0.929. The van der Waals surface area contributed by atoms with E-state index in [0.717, 1.165) is 30.4 Å². The summed E-state index contributed by atoms with van der Waals surface area (Å²) in [6, 6.07) is 7.95. The third-order valence-corrected chi connectivity index (χ3v) is 6.80. The second-order valence-electron chi connectivity index (χ2n) is 11.2. The van der Waals surface area contributed by atoms with Gasteiger partial charge in [-0.2, -0.15) is 0 Å². The normalized spacial score (nSPS) is 16.9. The maximum Gasteiger partial charge on any atom is 0.411 e. The van der Waals surface area contributed by atoms with Crippen molar-refractivity contribution >= 4 is 23.9 Å². The van der Waals surface area contributed by atoms with Gasteiger partial charge in [-0.25, -0.2) is 4.79 Å². The molecule has 1 N–H and O–H groups in total. The van der Waals surface area contributed by atoms with Crippen LogP contribution >= 0.6 is 0 Å². The van der Waals surface area contributed by atoms with Gasteiger partial charge in [0.15, 0.2) is 0 Å². The van der Waals surface area contributed by atoms with E-state index in [4.69, 9.17) is 4.74 Å². The molecule has 0 spiro atoms. The number of nitrogens with one attached hydrogen (secondary N) is 1. The van der Waals surface area contributed by atoms with Crippen molar-refractivity contribution in [1.82, 2.24) is 15.1 Å². The number of hydrogen-bond donors (Lipinski definition) is 1. The summed E-state index contributed by atoms with van der Waals surface area (Å²) in [5.41, 5.74) is 0.484. The van der Waals surface area contributed by atoms with E-state index in [9.17, 15) is 19.2 Å². The van der Waals surface area contributed by atoms with Gasteiger partial charge >= 0.3 is 12.1 Å². The van der Waals surface area contributed by atoms with Crippen LogP contribution < -0.4 is 5.32 Å². The third kappa shape index (κ3) is 10.0. The number of likely N-dealkylation sites (tertiary alicyclic amines) is 1. The maximum atomic E-state index is 13.1. The van der Waals surface area contributed by atoms with Gasteiger partial charge < -0.3 is 19.7 Å². The molecule has 1 aliphatic heterocycles. The van der Waals surface area contributed by atoms with E-state index < -0.39 is 23.2 Å². The molecule has 1 aliphatic rings. The van der Waals surface area contributed by atoms with E-state index >= 15 is 0 Å². The SMILES string of the molecule is C=CCCCN(Cc1ccc(CCNC(=O)[C@]2(C)CCCN2C(=O)OC(C)(C)C)cc1)C(=O)CCC(=O)OC. The fourth-order valence-electron chi connectivity index (χ4n) is 4.54. The Hall–Kier alpha value is -3.36. The molecule has 1 fully saturated rings. The summed E-state index contributed by atoms with van der Waals surface area (Å²) in [5, 5.41) is 2.99. The molecule has 0 aliphatic carbocycles. The number of esters is 1. The standard InChI is InChI=1S/C30H45N3O6/c1-7-8-9-20-32(25(34)15-16-26(35)38-6)22-24-13-11-23(12-14-24)17-19-31-27(36)30(5)18-10-21-33(30)28(37)39-29(2,3)4/h7,11-14H,1,8-10,15-22H2,2-6H3,(H,31,36)/t30-/m0/s1. The summed E-state index contributed by atoms with van der Waals surface area (Å²) >= 11 is 0. The lowest BCUT2D eigenvalue weighted by molar-refractivity contribution is -0.143. The minimum absolute atomic E-state index is 0.0620. The van der Waals surface area contributed by atoms with Crippen LogP contribution in [0, 0.1) is 0 Å². The highest BCUT2D eigenvalue weighted by atomic mass is 16.6. The summed E-state index contributed by atoms with van der Waals surface area (Å²) in [4.78, 5) is 53.2. The first-order chi connectivity index (χ1) is 18.4. The number of amides is 3. The summed E-state index contributed by atoms with van der Waals surface area (Å²) in [6.45, 7) is 12.9. The van der Waals surface area contributed by atoms with Crippen molar-refractivity contribution in [3.05, 3.63) is 48.0 Å². The highest BCUT2D eigenvalue weighted by Crippen LogP contribution is 2.31. The number of hydrogen-bond acceptors (Lipinski definition) is 6. The van der Waals surface area contributed by atoms with Crippen LogP contribution in [-0.4, -0.2) is 71.6 Å². The van der Waals surface area contributed by atoms with Crippen molar-refractivity contribution in [3.63, 3.8) is 0 Å². The maximum absolute atomic E-state index is 13.1. The fraction of sp³-hybridized carbons (Fsp3) is 0.600. The monoisotopic (exact) mass is 543 g/mol. The van der Waals surface area contributed by atoms with Crippen molar-refractivity contribution in [3.8, 4) is 0 Å². The lowest BCUT2D eigenvalue weighted by Gasteiger charge is -2.35. The predicted octanol–water partition coefficient (Wildman–Crippen LogP) is 4.38.